The molecule has 0 spiro atoms. The average molecular weight is 384 g/mol. The third-order valence-corrected chi connectivity index (χ3v) is 5.44. The minimum Gasteiger partial charge on any atom is -0.381 e. The maximum Gasteiger partial charge on any atom is 0.275 e. The zero-order valence-corrected chi connectivity index (χ0v) is 16.5. The number of nitrogens with zero attached hydrogens (tertiary/aromatic N) is 2. The van der Waals surface area contributed by atoms with Crippen LogP contribution in [-0.4, -0.2) is 34.3 Å². The normalized spacial score (nSPS) is 20.5. The summed E-state index contributed by atoms with van der Waals surface area (Å²) in [7, 11) is 1.74. The minimum atomic E-state index is -0.441. The molecule has 0 bridgehead atoms. The first-order valence-corrected chi connectivity index (χ1v) is 9.95. The first kappa shape index (κ1) is 20.2. The molecule has 1 saturated carbocycles. The van der Waals surface area contributed by atoms with Crippen molar-refractivity contribution in [2.45, 2.75) is 57.6 Å². The van der Waals surface area contributed by atoms with Crippen LogP contribution >= 0.6 is 0 Å². The second-order valence-electron chi connectivity index (χ2n) is 7.36. The molecule has 1 atom stereocenters. The average Bonchev–Trinajstić information content (AvgIpc) is 2.73. The minimum absolute atomic E-state index is 0.0407. The second kappa shape index (κ2) is 9.59. The molecule has 1 aliphatic rings. The standard InChI is InChI=1S/C21H28N4O3/c1-3-17(22-18(26)13-14-9-11-16(28-2)12-10-14)19-21(27)23-20(25-24-19)15-7-5-4-6-8-15/h4-8,14,16-17H,3,9-13H2,1-2H3,(H,22,26)(H,23,25,27). The van der Waals surface area contributed by atoms with Crippen LogP contribution in [0.3, 0.4) is 0 Å². The smallest absolute Gasteiger partial charge is 0.275 e. The number of hydrogen-bond acceptors (Lipinski definition) is 5. The molecule has 1 unspecified atom stereocenters. The summed E-state index contributed by atoms with van der Waals surface area (Å²) in [5, 5.41) is 11.2. The predicted octanol–water partition coefficient (Wildman–Crippen LogP) is 2.99. The molecular weight excluding hydrogens is 356 g/mol. The zero-order chi connectivity index (χ0) is 19.9. The van der Waals surface area contributed by atoms with Gasteiger partial charge in [0.2, 0.25) is 5.91 Å². The van der Waals surface area contributed by atoms with E-state index in [1.165, 1.54) is 0 Å². The summed E-state index contributed by atoms with van der Waals surface area (Å²) in [6.45, 7) is 1.92. The van der Waals surface area contributed by atoms with Gasteiger partial charge in [-0.2, -0.15) is 0 Å². The van der Waals surface area contributed by atoms with Gasteiger partial charge in [-0.3, -0.25) is 9.59 Å². The Hall–Kier alpha value is -2.54. The van der Waals surface area contributed by atoms with Gasteiger partial charge in [0.25, 0.3) is 5.56 Å². The number of hydrogen-bond donors (Lipinski definition) is 2. The fourth-order valence-electron chi connectivity index (χ4n) is 3.75. The summed E-state index contributed by atoms with van der Waals surface area (Å²) in [5.41, 5.74) is 0.725. The van der Waals surface area contributed by atoms with Crippen LogP contribution in [0.15, 0.2) is 35.1 Å². The van der Waals surface area contributed by atoms with Gasteiger partial charge < -0.3 is 15.0 Å². The number of amides is 1. The van der Waals surface area contributed by atoms with Crippen LogP contribution in [0.4, 0.5) is 0 Å². The molecular formula is C21H28N4O3. The molecule has 0 aliphatic heterocycles. The first-order valence-electron chi connectivity index (χ1n) is 9.95. The predicted molar refractivity (Wildman–Crippen MR) is 107 cm³/mol. The van der Waals surface area contributed by atoms with E-state index in [0.717, 1.165) is 31.2 Å². The summed E-state index contributed by atoms with van der Waals surface area (Å²) in [6.07, 6.45) is 5.35. The second-order valence-corrected chi connectivity index (χ2v) is 7.36. The van der Waals surface area contributed by atoms with Crippen LogP contribution in [0, 0.1) is 5.92 Å². The van der Waals surface area contributed by atoms with Crippen molar-refractivity contribution in [3.8, 4) is 11.4 Å². The van der Waals surface area contributed by atoms with Crippen molar-refractivity contribution >= 4 is 5.91 Å². The molecule has 7 heteroatoms. The lowest BCUT2D eigenvalue weighted by Crippen LogP contribution is -2.35. The fourth-order valence-corrected chi connectivity index (χ4v) is 3.75. The van der Waals surface area contributed by atoms with Crippen molar-refractivity contribution in [3.63, 3.8) is 0 Å². The molecule has 7 nitrogen and oxygen atoms in total. The van der Waals surface area contributed by atoms with Gasteiger partial charge >= 0.3 is 0 Å². The van der Waals surface area contributed by atoms with Gasteiger partial charge in [-0.25, -0.2) is 0 Å². The summed E-state index contributed by atoms with van der Waals surface area (Å²) in [5.74, 6) is 0.750. The molecule has 1 heterocycles. The van der Waals surface area contributed by atoms with Gasteiger partial charge in [0.1, 0.15) is 0 Å². The van der Waals surface area contributed by atoms with E-state index in [-0.39, 0.29) is 17.2 Å². The van der Waals surface area contributed by atoms with E-state index in [9.17, 15) is 9.59 Å². The number of H-pyrrole nitrogens is 1. The van der Waals surface area contributed by atoms with Crippen LogP contribution in [0.25, 0.3) is 11.4 Å². The topological polar surface area (TPSA) is 97.0 Å². The Morgan fingerprint density at radius 1 is 1.21 bits per heavy atom. The number of ether oxygens (including phenoxy) is 1. The van der Waals surface area contributed by atoms with Gasteiger partial charge in [0.05, 0.1) is 12.1 Å². The number of carbonyl (C=O) groups is 1. The molecule has 150 valence electrons. The van der Waals surface area contributed by atoms with E-state index in [2.05, 4.69) is 20.5 Å². The number of carbonyl (C=O) groups excluding carboxylic acids is 1. The third-order valence-electron chi connectivity index (χ3n) is 5.44. The Morgan fingerprint density at radius 3 is 2.54 bits per heavy atom. The van der Waals surface area contributed by atoms with Gasteiger partial charge in [-0.15, -0.1) is 10.2 Å². The Balaban J connectivity index is 1.63. The van der Waals surface area contributed by atoms with Gasteiger partial charge in [-0.1, -0.05) is 37.3 Å². The highest BCUT2D eigenvalue weighted by Gasteiger charge is 2.25. The molecule has 2 N–H and O–H groups in total. The summed E-state index contributed by atoms with van der Waals surface area (Å²) in [6, 6.07) is 8.92. The maximum absolute atomic E-state index is 12.5. The summed E-state index contributed by atoms with van der Waals surface area (Å²) >= 11 is 0. The van der Waals surface area contributed by atoms with Crippen LogP contribution < -0.4 is 10.9 Å². The van der Waals surface area contributed by atoms with E-state index in [0.29, 0.717) is 30.7 Å². The fraction of sp³-hybridized carbons (Fsp3) is 0.524. The first-order chi connectivity index (χ1) is 13.6. The van der Waals surface area contributed by atoms with Gasteiger partial charge in [0.15, 0.2) is 11.5 Å². The molecule has 1 aliphatic carbocycles. The third kappa shape index (κ3) is 5.04. The molecule has 2 aromatic rings. The lowest BCUT2D eigenvalue weighted by molar-refractivity contribution is -0.123. The van der Waals surface area contributed by atoms with Crippen molar-refractivity contribution in [2.75, 3.05) is 7.11 Å². The van der Waals surface area contributed by atoms with Crippen molar-refractivity contribution in [1.82, 2.24) is 20.5 Å². The Bertz CT molecular complexity index is 829. The summed E-state index contributed by atoms with van der Waals surface area (Å²) < 4.78 is 5.39. The van der Waals surface area contributed by atoms with E-state index >= 15 is 0 Å². The number of nitrogens with one attached hydrogen (secondary N) is 2. The van der Waals surface area contributed by atoms with Crippen molar-refractivity contribution in [2.24, 2.45) is 5.92 Å². The molecule has 0 radical (unpaired) electrons. The van der Waals surface area contributed by atoms with Crippen molar-refractivity contribution < 1.29 is 9.53 Å². The van der Waals surface area contributed by atoms with Crippen LogP contribution in [0.2, 0.25) is 0 Å². The van der Waals surface area contributed by atoms with E-state index in [1.807, 2.05) is 37.3 Å². The number of benzene rings is 1. The summed E-state index contributed by atoms with van der Waals surface area (Å²) in [4.78, 5) is 27.8. The molecule has 1 aromatic carbocycles. The van der Waals surface area contributed by atoms with E-state index in [4.69, 9.17) is 4.74 Å². The highest BCUT2D eigenvalue weighted by molar-refractivity contribution is 5.76. The Kier molecular flexibility index (Phi) is 6.92. The molecule has 1 amide bonds. The van der Waals surface area contributed by atoms with Gasteiger partial charge in [-0.05, 0) is 38.0 Å². The number of methoxy groups -OCH3 is 1. The zero-order valence-electron chi connectivity index (χ0n) is 16.5. The molecule has 0 saturated heterocycles. The van der Waals surface area contributed by atoms with Gasteiger partial charge in [0, 0.05) is 19.1 Å². The van der Waals surface area contributed by atoms with Crippen LogP contribution in [0.5, 0.6) is 0 Å². The van der Waals surface area contributed by atoms with E-state index in [1.54, 1.807) is 7.11 Å². The van der Waals surface area contributed by atoms with Crippen LogP contribution in [-0.2, 0) is 9.53 Å². The monoisotopic (exact) mass is 384 g/mol. The largest absolute Gasteiger partial charge is 0.381 e. The van der Waals surface area contributed by atoms with Crippen molar-refractivity contribution in [1.29, 1.82) is 0 Å². The number of aromatic amines is 1. The van der Waals surface area contributed by atoms with Crippen LogP contribution in [0.1, 0.15) is 57.2 Å². The molecule has 1 aromatic heterocycles. The number of aromatic nitrogens is 3. The lowest BCUT2D eigenvalue weighted by atomic mass is 9.85. The lowest BCUT2D eigenvalue weighted by Gasteiger charge is -2.27. The SMILES string of the molecule is CCC(NC(=O)CC1CCC(OC)CC1)c1nnc(-c2ccccc2)[nH]c1=O. The molecule has 28 heavy (non-hydrogen) atoms. The molecule has 1 fully saturated rings. The Labute approximate surface area is 164 Å². The van der Waals surface area contributed by atoms with Crippen molar-refractivity contribution in [3.05, 3.63) is 46.4 Å². The quantitative estimate of drug-likeness (QED) is 0.765. The van der Waals surface area contributed by atoms with E-state index < -0.39 is 6.04 Å². The number of rotatable bonds is 7. The Morgan fingerprint density at radius 2 is 1.93 bits per heavy atom. The highest BCUT2D eigenvalue weighted by atomic mass is 16.5. The molecule has 3 rings (SSSR count). The maximum atomic E-state index is 12.5. The highest BCUT2D eigenvalue weighted by Crippen LogP contribution is 2.28.